The molecule has 0 bridgehead atoms. The van der Waals surface area contributed by atoms with E-state index in [0.29, 0.717) is 17.3 Å². The normalized spacial score (nSPS) is 23.4. The van der Waals surface area contributed by atoms with Gasteiger partial charge in [0.1, 0.15) is 5.82 Å². The monoisotopic (exact) mass is 534 g/mol. The van der Waals surface area contributed by atoms with Crippen molar-refractivity contribution in [3.63, 3.8) is 0 Å². The molecule has 204 valence electrons. The average Bonchev–Trinajstić information content (AvgIpc) is 2.88. The molecule has 11 heteroatoms. The SMILES string of the molecule is COc1ccc(C2CC(c3cc4c(=O)n(C)c(C)nc4n(C4CCC(F)(F)CC4)c3=O)CCC2(F)F)cn1. The van der Waals surface area contributed by atoms with Crippen LogP contribution in [0.1, 0.15) is 79.8 Å². The van der Waals surface area contributed by atoms with Gasteiger partial charge in [-0.25, -0.2) is 27.5 Å². The second-order valence-corrected chi connectivity index (χ2v) is 10.5. The summed E-state index contributed by atoms with van der Waals surface area (Å²) in [4.78, 5) is 35.7. The molecule has 0 saturated heterocycles. The van der Waals surface area contributed by atoms with Crippen molar-refractivity contribution < 1.29 is 22.3 Å². The number of pyridine rings is 2. The molecule has 2 aliphatic rings. The van der Waals surface area contributed by atoms with Gasteiger partial charge < -0.3 is 4.74 Å². The third-order valence-electron chi connectivity index (χ3n) is 8.24. The smallest absolute Gasteiger partial charge is 0.262 e. The molecular formula is C27H30F4N4O3. The van der Waals surface area contributed by atoms with Gasteiger partial charge in [-0.15, -0.1) is 0 Å². The number of nitrogens with zero attached hydrogens (tertiary/aromatic N) is 4. The van der Waals surface area contributed by atoms with E-state index in [1.165, 1.54) is 34.6 Å². The summed E-state index contributed by atoms with van der Waals surface area (Å²) in [6, 6.07) is 4.00. The topological polar surface area (TPSA) is 79.0 Å². The summed E-state index contributed by atoms with van der Waals surface area (Å²) in [7, 11) is 3.00. The standard InChI is InChI=1S/C27H30F4N4O3/c1-15-33-23-20(24(36)34(15)2)13-19(25(37)35(23)18-7-9-26(28,29)10-8-18)16-6-11-27(30,31)21(12-16)17-4-5-22(38-3)32-14-17/h4-5,13-14,16,18,21H,6-12H2,1-3H3. The summed E-state index contributed by atoms with van der Waals surface area (Å²) in [5, 5.41) is 0.185. The Morgan fingerprint density at radius 1 is 1.03 bits per heavy atom. The van der Waals surface area contributed by atoms with Crippen molar-refractivity contribution in [2.75, 3.05) is 7.11 Å². The lowest BCUT2D eigenvalue weighted by atomic mass is 9.73. The number of hydrogen-bond donors (Lipinski definition) is 0. The van der Waals surface area contributed by atoms with Crippen LogP contribution in [-0.4, -0.2) is 38.1 Å². The van der Waals surface area contributed by atoms with Crippen molar-refractivity contribution >= 4 is 11.0 Å². The first-order valence-electron chi connectivity index (χ1n) is 12.8. The van der Waals surface area contributed by atoms with Crippen LogP contribution in [0, 0.1) is 6.92 Å². The van der Waals surface area contributed by atoms with Crippen LogP contribution in [0.4, 0.5) is 17.6 Å². The fourth-order valence-corrected chi connectivity index (χ4v) is 5.89. The quantitative estimate of drug-likeness (QED) is 0.428. The molecule has 0 spiro atoms. The number of ether oxygens (including phenoxy) is 1. The first-order valence-corrected chi connectivity index (χ1v) is 12.8. The minimum atomic E-state index is -3.01. The van der Waals surface area contributed by atoms with Crippen LogP contribution in [0.3, 0.4) is 0 Å². The van der Waals surface area contributed by atoms with Gasteiger partial charge >= 0.3 is 0 Å². The van der Waals surface area contributed by atoms with E-state index in [-0.39, 0.29) is 60.7 Å². The maximum atomic E-state index is 15.1. The van der Waals surface area contributed by atoms with E-state index in [0.717, 1.165) is 0 Å². The molecule has 38 heavy (non-hydrogen) atoms. The molecule has 0 amide bonds. The molecule has 0 radical (unpaired) electrons. The van der Waals surface area contributed by atoms with Crippen LogP contribution in [0.2, 0.25) is 0 Å². The van der Waals surface area contributed by atoms with Gasteiger partial charge in [0.25, 0.3) is 17.0 Å². The predicted octanol–water partition coefficient (Wildman–Crippen LogP) is 5.24. The number of halogens is 4. The number of hydrogen-bond acceptors (Lipinski definition) is 5. The van der Waals surface area contributed by atoms with E-state index in [4.69, 9.17) is 4.74 Å². The summed E-state index contributed by atoms with van der Waals surface area (Å²) in [6.07, 6.45) is 0.327. The van der Waals surface area contributed by atoms with Crippen LogP contribution in [0.15, 0.2) is 34.0 Å². The van der Waals surface area contributed by atoms with Crippen LogP contribution < -0.4 is 15.9 Å². The van der Waals surface area contributed by atoms with E-state index in [1.54, 1.807) is 20.0 Å². The van der Waals surface area contributed by atoms with E-state index in [9.17, 15) is 18.4 Å². The van der Waals surface area contributed by atoms with Crippen LogP contribution in [0.25, 0.3) is 11.0 Å². The molecule has 0 aliphatic heterocycles. The molecule has 2 atom stereocenters. The number of aromatic nitrogens is 4. The summed E-state index contributed by atoms with van der Waals surface area (Å²) in [5.41, 5.74) is -0.0779. The van der Waals surface area contributed by atoms with E-state index < -0.39 is 41.7 Å². The average molecular weight is 535 g/mol. The Morgan fingerprint density at radius 2 is 1.74 bits per heavy atom. The lowest BCUT2D eigenvalue weighted by molar-refractivity contribution is -0.0595. The molecule has 3 heterocycles. The van der Waals surface area contributed by atoms with Gasteiger partial charge in [-0.2, -0.15) is 0 Å². The second-order valence-electron chi connectivity index (χ2n) is 10.5. The van der Waals surface area contributed by atoms with E-state index in [2.05, 4.69) is 9.97 Å². The zero-order chi connectivity index (χ0) is 27.4. The Bertz CT molecular complexity index is 1470. The minimum absolute atomic E-state index is 0.0237. The summed E-state index contributed by atoms with van der Waals surface area (Å²) in [5.74, 6) is -6.86. The van der Waals surface area contributed by atoms with Crippen LogP contribution >= 0.6 is 0 Å². The number of fused-ring (bicyclic) bond motifs is 1. The Balaban J connectivity index is 1.62. The lowest BCUT2D eigenvalue weighted by Crippen LogP contribution is -2.38. The molecular weight excluding hydrogens is 504 g/mol. The molecule has 5 rings (SSSR count). The fraction of sp³-hybridized carbons (Fsp3) is 0.556. The fourth-order valence-electron chi connectivity index (χ4n) is 5.89. The van der Waals surface area contributed by atoms with Gasteiger partial charge in [-0.05, 0) is 50.2 Å². The zero-order valence-corrected chi connectivity index (χ0v) is 21.5. The third kappa shape index (κ3) is 4.60. The Hall–Kier alpha value is -3.24. The van der Waals surface area contributed by atoms with Gasteiger partial charge in [-0.1, -0.05) is 6.07 Å². The largest absolute Gasteiger partial charge is 0.481 e. The van der Waals surface area contributed by atoms with Crippen molar-refractivity contribution in [1.29, 1.82) is 0 Å². The van der Waals surface area contributed by atoms with Crippen LogP contribution in [0.5, 0.6) is 5.88 Å². The van der Waals surface area contributed by atoms with E-state index in [1.807, 2.05) is 0 Å². The van der Waals surface area contributed by atoms with Crippen molar-refractivity contribution in [3.8, 4) is 5.88 Å². The van der Waals surface area contributed by atoms with Gasteiger partial charge in [0.05, 0.1) is 12.5 Å². The molecule has 2 aliphatic carbocycles. The summed E-state index contributed by atoms with van der Waals surface area (Å²) < 4.78 is 65.9. The van der Waals surface area contributed by atoms with Crippen molar-refractivity contribution in [3.05, 3.63) is 62.1 Å². The van der Waals surface area contributed by atoms with Gasteiger partial charge in [0, 0.05) is 56.1 Å². The Labute approximate surface area is 216 Å². The third-order valence-corrected chi connectivity index (χ3v) is 8.24. The highest BCUT2D eigenvalue weighted by atomic mass is 19.3. The Kier molecular flexibility index (Phi) is 6.59. The molecule has 0 N–H and O–H groups in total. The lowest BCUT2D eigenvalue weighted by Gasteiger charge is -2.37. The Morgan fingerprint density at radius 3 is 2.37 bits per heavy atom. The van der Waals surface area contributed by atoms with Crippen molar-refractivity contribution in [1.82, 2.24) is 19.1 Å². The minimum Gasteiger partial charge on any atom is -0.481 e. The predicted molar refractivity (Wildman–Crippen MR) is 134 cm³/mol. The summed E-state index contributed by atoms with van der Waals surface area (Å²) in [6.45, 7) is 1.63. The number of alkyl halides is 4. The molecule has 3 aromatic heterocycles. The second kappa shape index (κ2) is 9.50. The van der Waals surface area contributed by atoms with Crippen LogP contribution in [-0.2, 0) is 7.05 Å². The number of aryl methyl sites for hydroxylation is 1. The molecule has 3 aromatic rings. The molecule has 2 saturated carbocycles. The first-order chi connectivity index (χ1) is 17.9. The van der Waals surface area contributed by atoms with E-state index >= 15 is 8.78 Å². The highest BCUT2D eigenvalue weighted by molar-refractivity contribution is 5.75. The maximum Gasteiger partial charge on any atom is 0.262 e. The maximum absolute atomic E-state index is 15.1. The van der Waals surface area contributed by atoms with Gasteiger partial charge in [0.15, 0.2) is 5.65 Å². The first kappa shape index (κ1) is 26.4. The van der Waals surface area contributed by atoms with Crippen molar-refractivity contribution in [2.45, 2.75) is 81.6 Å². The highest BCUT2D eigenvalue weighted by Crippen LogP contribution is 2.49. The highest BCUT2D eigenvalue weighted by Gasteiger charge is 2.46. The number of methoxy groups -OCH3 is 1. The van der Waals surface area contributed by atoms with Gasteiger partial charge in [0.2, 0.25) is 11.8 Å². The number of rotatable bonds is 4. The zero-order valence-electron chi connectivity index (χ0n) is 21.5. The molecule has 0 aromatic carbocycles. The molecule has 7 nitrogen and oxygen atoms in total. The van der Waals surface area contributed by atoms with Gasteiger partial charge in [-0.3, -0.25) is 18.7 Å². The summed E-state index contributed by atoms with van der Waals surface area (Å²) >= 11 is 0. The molecule has 2 unspecified atom stereocenters. The molecule has 2 fully saturated rings. The van der Waals surface area contributed by atoms with Crippen molar-refractivity contribution in [2.24, 2.45) is 7.05 Å².